The number of halogens is 2. The summed E-state index contributed by atoms with van der Waals surface area (Å²) >= 11 is 5.67. The van der Waals surface area contributed by atoms with Crippen LogP contribution in [0.25, 0.3) is 0 Å². The molecular formula is C8H9BrINO. The molecule has 0 spiro atoms. The Morgan fingerprint density at radius 3 is 2.75 bits per heavy atom. The molecule has 12 heavy (non-hydrogen) atoms. The number of rotatable bonds is 2. The molecule has 0 saturated carbocycles. The molecule has 1 rings (SSSR count). The van der Waals surface area contributed by atoms with Gasteiger partial charge in [0.1, 0.15) is 5.75 Å². The van der Waals surface area contributed by atoms with Gasteiger partial charge in [0.05, 0.1) is 7.11 Å². The highest BCUT2D eigenvalue weighted by Gasteiger charge is 2.05. The summed E-state index contributed by atoms with van der Waals surface area (Å²) in [5.41, 5.74) is 6.56. The van der Waals surface area contributed by atoms with Crippen molar-refractivity contribution in [1.29, 1.82) is 0 Å². The summed E-state index contributed by atoms with van der Waals surface area (Å²) in [7, 11) is 1.65. The Morgan fingerprint density at radius 2 is 2.25 bits per heavy atom. The van der Waals surface area contributed by atoms with Crippen molar-refractivity contribution in [2.45, 2.75) is 6.54 Å². The summed E-state index contributed by atoms with van der Waals surface area (Å²) < 4.78 is 7.35. The van der Waals surface area contributed by atoms with Crippen molar-refractivity contribution < 1.29 is 4.74 Å². The van der Waals surface area contributed by atoms with Gasteiger partial charge in [0.2, 0.25) is 0 Å². The van der Waals surface area contributed by atoms with Crippen molar-refractivity contribution in [2.75, 3.05) is 7.11 Å². The van der Waals surface area contributed by atoms with Gasteiger partial charge in [0.25, 0.3) is 0 Å². The minimum Gasteiger partial charge on any atom is -0.496 e. The maximum Gasteiger partial charge on any atom is 0.124 e. The van der Waals surface area contributed by atoms with Crippen LogP contribution in [0.2, 0.25) is 0 Å². The lowest BCUT2D eigenvalue weighted by Crippen LogP contribution is -2.00. The summed E-state index contributed by atoms with van der Waals surface area (Å²) in [6, 6.07) is 3.95. The quantitative estimate of drug-likeness (QED) is 0.839. The van der Waals surface area contributed by atoms with Crippen LogP contribution in [0.15, 0.2) is 16.6 Å². The van der Waals surface area contributed by atoms with E-state index in [9.17, 15) is 0 Å². The zero-order chi connectivity index (χ0) is 9.14. The maximum absolute atomic E-state index is 5.54. The van der Waals surface area contributed by atoms with Crippen molar-refractivity contribution >= 4 is 38.5 Å². The van der Waals surface area contributed by atoms with Crippen LogP contribution in [-0.2, 0) is 6.54 Å². The molecular weight excluding hydrogens is 333 g/mol. The van der Waals surface area contributed by atoms with E-state index in [0.29, 0.717) is 6.54 Å². The lowest BCUT2D eigenvalue weighted by molar-refractivity contribution is 0.409. The van der Waals surface area contributed by atoms with Crippen LogP contribution in [0.3, 0.4) is 0 Å². The van der Waals surface area contributed by atoms with Crippen LogP contribution in [-0.4, -0.2) is 7.11 Å². The van der Waals surface area contributed by atoms with E-state index in [1.54, 1.807) is 7.11 Å². The first-order valence-corrected chi connectivity index (χ1v) is 5.28. The van der Waals surface area contributed by atoms with E-state index < -0.39 is 0 Å². The molecule has 0 saturated heterocycles. The highest BCUT2D eigenvalue weighted by molar-refractivity contribution is 14.1. The van der Waals surface area contributed by atoms with Gasteiger partial charge in [-0.2, -0.15) is 0 Å². The fourth-order valence-corrected chi connectivity index (χ4v) is 1.75. The predicted molar refractivity (Wildman–Crippen MR) is 61.3 cm³/mol. The SMILES string of the molecule is COc1cc(I)c(Br)cc1CN. The van der Waals surface area contributed by atoms with Gasteiger partial charge in [-0.05, 0) is 50.7 Å². The van der Waals surface area contributed by atoms with Crippen LogP contribution in [0, 0.1) is 3.57 Å². The molecule has 0 aromatic heterocycles. The summed E-state index contributed by atoms with van der Waals surface area (Å²) in [4.78, 5) is 0. The lowest BCUT2D eigenvalue weighted by Gasteiger charge is -2.07. The number of nitrogens with two attached hydrogens (primary N) is 1. The van der Waals surface area contributed by atoms with E-state index in [0.717, 1.165) is 19.4 Å². The minimum atomic E-state index is 0.499. The topological polar surface area (TPSA) is 35.2 Å². The average Bonchev–Trinajstić information content (AvgIpc) is 2.09. The Kier molecular flexibility index (Phi) is 3.79. The standard InChI is InChI=1S/C8H9BrINO/c1-12-8-3-7(10)6(9)2-5(8)4-11/h2-3H,4,11H2,1H3. The molecule has 0 radical (unpaired) electrons. The van der Waals surface area contributed by atoms with Crippen LogP contribution < -0.4 is 10.5 Å². The smallest absolute Gasteiger partial charge is 0.124 e. The highest BCUT2D eigenvalue weighted by atomic mass is 127. The van der Waals surface area contributed by atoms with Crippen molar-refractivity contribution in [2.24, 2.45) is 5.73 Å². The number of ether oxygens (including phenoxy) is 1. The zero-order valence-corrected chi connectivity index (χ0v) is 10.3. The van der Waals surface area contributed by atoms with Crippen LogP contribution >= 0.6 is 38.5 Å². The van der Waals surface area contributed by atoms with E-state index >= 15 is 0 Å². The first-order chi connectivity index (χ1) is 5.69. The summed E-state index contributed by atoms with van der Waals surface area (Å²) in [6.45, 7) is 0.499. The predicted octanol–water partition coefficient (Wildman–Crippen LogP) is 2.52. The van der Waals surface area contributed by atoms with Gasteiger partial charge < -0.3 is 10.5 Å². The molecule has 0 aliphatic heterocycles. The van der Waals surface area contributed by atoms with Crippen LogP contribution in [0.4, 0.5) is 0 Å². The van der Waals surface area contributed by atoms with Gasteiger partial charge in [0.15, 0.2) is 0 Å². The minimum absolute atomic E-state index is 0.499. The van der Waals surface area contributed by atoms with E-state index in [-0.39, 0.29) is 0 Å². The molecule has 0 bridgehead atoms. The van der Waals surface area contributed by atoms with Crippen molar-refractivity contribution in [3.8, 4) is 5.75 Å². The van der Waals surface area contributed by atoms with Gasteiger partial charge in [-0.1, -0.05) is 0 Å². The highest BCUT2D eigenvalue weighted by Crippen LogP contribution is 2.27. The molecule has 2 N–H and O–H groups in total. The molecule has 2 nitrogen and oxygen atoms in total. The number of benzene rings is 1. The number of hydrogen-bond donors (Lipinski definition) is 1. The third-order valence-electron chi connectivity index (χ3n) is 1.54. The molecule has 4 heteroatoms. The van der Waals surface area contributed by atoms with Gasteiger partial charge in [-0.15, -0.1) is 0 Å². The van der Waals surface area contributed by atoms with Crippen molar-refractivity contribution in [3.05, 3.63) is 25.7 Å². The van der Waals surface area contributed by atoms with Gasteiger partial charge in [-0.25, -0.2) is 0 Å². The monoisotopic (exact) mass is 341 g/mol. The molecule has 0 aliphatic carbocycles. The third-order valence-corrected chi connectivity index (χ3v) is 3.83. The molecule has 0 aliphatic rings. The largest absolute Gasteiger partial charge is 0.496 e. The molecule has 0 heterocycles. The fourth-order valence-electron chi connectivity index (χ4n) is 0.919. The lowest BCUT2D eigenvalue weighted by atomic mass is 10.2. The average molecular weight is 342 g/mol. The second-order valence-corrected chi connectivity index (χ2v) is 4.30. The summed E-state index contributed by atoms with van der Waals surface area (Å²) in [6.07, 6.45) is 0. The normalized spacial score (nSPS) is 10.0. The Bertz CT molecular complexity index is 262. The second kappa shape index (κ2) is 4.43. The fraction of sp³-hybridized carbons (Fsp3) is 0.250. The first-order valence-electron chi connectivity index (χ1n) is 3.41. The van der Waals surface area contributed by atoms with Gasteiger partial charge >= 0.3 is 0 Å². The number of methoxy groups -OCH3 is 1. The van der Waals surface area contributed by atoms with Crippen molar-refractivity contribution in [3.63, 3.8) is 0 Å². The Hall–Kier alpha value is 0.190. The van der Waals surface area contributed by atoms with E-state index in [1.807, 2.05) is 12.1 Å². The Balaban J connectivity index is 3.19. The molecule has 0 amide bonds. The molecule has 0 fully saturated rings. The van der Waals surface area contributed by atoms with Crippen molar-refractivity contribution in [1.82, 2.24) is 0 Å². The van der Waals surface area contributed by atoms with E-state index in [4.69, 9.17) is 10.5 Å². The third kappa shape index (κ3) is 2.11. The molecule has 0 atom stereocenters. The van der Waals surface area contributed by atoms with Gasteiger partial charge in [-0.3, -0.25) is 0 Å². The Morgan fingerprint density at radius 1 is 1.58 bits per heavy atom. The van der Waals surface area contributed by atoms with Crippen LogP contribution in [0.1, 0.15) is 5.56 Å². The summed E-state index contributed by atoms with van der Waals surface area (Å²) in [5.74, 6) is 0.852. The molecule has 1 aromatic rings. The second-order valence-electron chi connectivity index (χ2n) is 2.28. The first kappa shape index (κ1) is 10.3. The summed E-state index contributed by atoms with van der Waals surface area (Å²) in [5, 5.41) is 0. The van der Waals surface area contributed by atoms with E-state index in [2.05, 4.69) is 38.5 Å². The zero-order valence-electron chi connectivity index (χ0n) is 6.60. The van der Waals surface area contributed by atoms with E-state index in [1.165, 1.54) is 0 Å². The molecule has 1 aromatic carbocycles. The maximum atomic E-state index is 5.54. The van der Waals surface area contributed by atoms with Gasteiger partial charge in [0, 0.05) is 20.2 Å². The number of hydrogen-bond acceptors (Lipinski definition) is 2. The Labute approximate surface area is 93.7 Å². The van der Waals surface area contributed by atoms with Crippen LogP contribution in [0.5, 0.6) is 5.75 Å². The molecule has 0 unspecified atom stereocenters. The molecule has 66 valence electrons.